The number of hydrogen-bond donors (Lipinski definition) is 1. The summed E-state index contributed by atoms with van der Waals surface area (Å²) in [7, 11) is 0. The van der Waals surface area contributed by atoms with Gasteiger partial charge in [0.1, 0.15) is 16.7 Å². The number of aromatic nitrogens is 3. The van der Waals surface area contributed by atoms with Crippen molar-refractivity contribution in [1.82, 2.24) is 15.0 Å². The number of nitrogens with zero attached hydrogens (tertiary/aromatic N) is 3. The molecule has 0 radical (unpaired) electrons. The van der Waals surface area contributed by atoms with Gasteiger partial charge in [-0.3, -0.25) is 0 Å². The highest BCUT2D eigenvalue weighted by molar-refractivity contribution is 6.24. The molecule has 0 atom stereocenters. The molecule has 0 spiro atoms. The average molecular weight is 707 g/mol. The van der Waals surface area contributed by atoms with Crippen LogP contribution in [0.15, 0.2) is 185 Å². The fourth-order valence-electron chi connectivity index (χ4n) is 7.81. The lowest BCUT2D eigenvalue weighted by atomic mass is 9.97. The van der Waals surface area contributed by atoms with Gasteiger partial charge in [-0.2, -0.15) is 0 Å². The van der Waals surface area contributed by atoms with Crippen molar-refractivity contribution in [1.29, 1.82) is 0 Å². The molecule has 0 saturated carbocycles. The minimum absolute atomic E-state index is 0.544. The van der Waals surface area contributed by atoms with Crippen molar-refractivity contribution in [3.63, 3.8) is 0 Å². The van der Waals surface area contributed by atoms with Gasteiger partial charge in [0.05, 0.1) is 11.3 Å². The van der Waals surface area contributed by atoms with Gasteiger partial charge in [-0.1, -0.05) is 146 Å². The van der Waals surface area contributed by atoms with Gasteiger partial charge in [-0.15, -0.1) is 0 Å². The van der Waals surface area contributed by atoms with Crippen LogP contribution in [-0.2, 0) is 0 Å². The quantitative estimate of drug-likeness (QED) is 0.185. The van der Waals surface area contributed by atoms with E-state index < -0.39 is 0 Å². The monoisotopic (exact) mass is 706 g/mol. The first-order valence-electron chi connectivity index (χ1n) is 18.3. The van der Waals surface area contributed by atoms with E-state index in [9.17, 15) is 0 Å². The summed E-state index contributed by atoms with van der Waals surface area (Å²) in [6.45, 7) is 0. The molecule has 1 N–H and O–H groups in total. The predicted octanol–water partition coefficient (Wildman–Crippen LogP) is 13.2. The standard InChI is InChI=1S/C49H30N4O2/c1-3-15-30(16-4-1)47-51-48(31-17-5-2-6-18-31)53-49(52-47)38-29-32-19-7-8-20-33(32)44-37-24-13-26-40(45(37)55-46(38)44)50-39-25-11-9-21-34(39)35-23-14-28-42-43(35)36-22-10-12-27-41(36)54-42/h1-29,50H. The summed E-state index contributed by atoms with van der Waals surface area (Å²) in [5, 5.41) is 10.1. The summed E-state index contributed by atoms with van der Waals surface area (Å²) in [5.74, 6) is 1.74. The van der Waals surface area contributed by atoms with E-state index in [0.29, 0.717) is 17.5 Å². The molecule has 0 unspecified atom stereocenters. The van der Waals surface area contributed by atoms with Crippen LogP contribution in [0.3, 0.4) is 0 Å². The first kappa shape index (κ1) is 31.0. The zero-order chi connectivity index (χ0) is 36.3. The summed E-state index contributed by atoms with van der Waals surface area (Å²) in [6, 6.07) is 59.8. The number of hydrogen-bond acceptors (Lipinski definition) is 6. The van der Waals surface area contributed by atoms with E-state index in [1.165, 1.54) is 0 Å². The smallest absolute Gasteiger partial charge is 0.167 e. The second kappa shape index (κ2) is 12.5. The maximum absolute atomic E-state index is 7.02. The molecule has 3 aromatic heterocycles. The third-order valence-electron chi connectivity index (χ3n) is 10.3. The Morgan fingerprint density at radius 1 is 0.364 bits per heavy atom. The van der Waals surface area contributed by atoms with Crippen LogP contribution in [0.1, 0.15) is 0 Å². The number of benzene rings is 8. The molecule has 258 valence electrons. The van der Waals surface area contributed by atoms with Crippen molar-refractivity contribution in [2.24, 2.45) is 0 Å². The Hall–Kier alpha value is -7.57. The first-order valence-corrected chi connectivity index (χ1v) is 18.3. The van der Waals surface area contributed by atoms with Crippen LogP contribution in [0.5, 0.6) is 0 Å². The van der Waals surface area contributed by atoms with Gasteiger partial charge in [-0.25, -0.2) is 15.0 Å². The Balaban J connectivity index is 1.12. The molecule has 0 aliphatic heterocycles. The Labute approximate surface area is 315 Å². The van der Waals surface area contributed by atoms with Crippen LogP contribution in [0, 0.1) is 0 Å². The average Bonchev–Trinajstić information content (AvgIpc) is 3.84. The van der Waals surface area contributed by atoms with Crippen LogP contribution >= 0.6 is 0 Å². The van der Waals surface area contributed by atoms with Gasteiger partial charge < -0.3 is 14.2 Å². The second-order valence-electron chi connectivity index (χ2n) is 13.6. The van der Waals surface area contributed by atoms with Gasteiger partial charge in [0.15, 0.2) is 23.1 Å². The predicted molar refractivity (Wildman–Crippen MR) is 223 cm³/mol. The van der Waals surface area contributed by atoms with E-state index in [1.54, 1.807) is 0 Å². The lowest BCUT2D eigenvalue weighted by Gasteiger charge is -2.13. The SMILES string of the molecule is c1ccc(-c2nc(-c3ccccc3)nc(-c3cc4ccccc4c4c3oc3c(Nc5ccccc5-c5cccc6oc7ccccc7c56)cccc34)n2)cc1. The molecule has 8 aromatic carbocycles. The Morgan fingerprint density at radius 3 is 1.75 bits per heavy atom. The fraction of sp³-hybridized carbons (Fsp3) is 0. The van der Waals surface area contributed by atoms with E-state index in [-0.39, 0.29) is 0 Å². The van der Waals surface area contributed by atoms with Gasteiger partial charge in [-0.05, 0) is 46.7 Å². The number of anilines is 2. The molecule has 55 heavy (non-hydrogen) atoms. The van der Waals surface area contributed by atoms with Crippen molar-refractivity contribution in [2.45, 2.75) is 0 Å². The lowest BCUT2D eigenvalue weighted by Crippen LogP contribution is -2.00. The van der Waals surface area contributed by atoms with Crippen molar-refractivity contribution in [3.05, 3.63) is 176 Å². The van der Waals surface area contributed by atoms with Gasteiger partial charge in [0.2, 0.25) is 0 Å². The van der Waals surface area contributed by atoms with E-state index in [0.717, 1.165) is 93.8 Å². The van der Waals surface area contributed by atoms with Gasteiger partial charge in [0, 0.05) is 43.9 Å². The highest BCUT2D eigenvalue weighted by Crippen LogP contribution is 2.45. The highest BCUT2D eigenvalue weighted by atomic mass is 16.3. The summed E-state index contributed by atoms with van der Waals surface area (Å²) in [6.07, 6.45) is 0. The molecule has 0 saturated heterocycles. The molecule has 0 aliphatic carbocycles. The van der Waals surface area contributed by atoms with Crippen LogP contribution < -0.4 is 5.32 Å². The molecule has 3 heterocycles. The Bertz CT molecular complexity index is 3180. The number of rotatable bonds is 6. The highest BCUT2D eigenvalue weighted by Gasteiger charge is 2.22. The summed E-state index contributed by atoms with van der Waals surface area (Å²) in [5.41, 5.74) is 9.77. The third kappa shape index (κ3) is 5.15. The van der Waals surface area contributed by atoms with Crippen LogP contribution in [0.25, 0.3) is 99.9 Å². The van der Waals surface area contributed by atoms with Crippen molar-refractivity contribution < 1.29 is 8.83 Å². The molecule has 11 rings (SSSR count). The molecular formula is C49H30N4O2. The number of fused-ring (bicyclic) bond motifs is 8. The van der Waals surface area contributed by atoms with Crippen LogP contribution in [0.2, 0.25) is 0 Å². The van der Waals surface area contributed by atoms with Crippen LogP contribution in [-0.4, -0.2) is 15.0 Å². The molecule has 6 heteroatoms. The largest absolute Gasteiger partial charge is 0.456 e. The zero-order valence-corrected chi connectivity index (χ0v) is 29.4. The zero-order valence-electron chi connectivity index (χ0n) is 29.4. The topological polar surface area (TPSA) is 77.0 Å². The maximum atomic E-state index is 7.02. The third-order valence-corrected chi connectivity index (χ3v) is 10.3. The van der Waals surface area contributed by atoms with Crippen molar-refractivity contribution in [2.75, 3.05) is 5.32 Å². The van der Waals surface area contributed by atoms with E-state index in [1.807, 2.05) is 78.9 Å². The molecule has 11 aromatic rings. The number of para-hydroxylation sites is 3. The Kier molecular flexibility index (Phi) is 7.07. The second-order valence-corrected chi connectivity index (χ2v) is 13.6. The van der Waals surface area contributed by atoms with Crippen molar-refractivity contribution >= 4 is 66.0 Å². The molecule has 0 bridgehead atoms. The van der Waals surface area contributed by atoms with E-state index >= 15 is 0 Å². The van der Waals surface area contributed by atoms with Crippen molar-refractivity contribution in [3.8, 4) is 45.3 Å². The summed E-state index contributed by atoms with van der Waals surface area (Å²) in [4.78, 5) is 15.1. The van der Waals surface area contributed by atoms with Gasteiger partial charge in [0.25, 0.3) is 0 Å². The minimum atomic E-state index is 0.544. The molecule has 6 nitrogen and oxygen atoms in total. The van der Waals surface area contributed by atoms with Crippen LogP contribution in [0.4, 0.5) is 11.4 Å². The summed E-state index contributed by atoms with van der Waals surface area (Å²) < 4.78 is 13.3. The lowest BCUT2D eigenvalue weighted by molar-refractivity contribution is 0.669. The number of furan rings is 2. The molecule has 0 fully saturated rings. The van der Waals surface area contributed by atoms with E-state index in [4.69, 9.17) is 23.8 Å². The maximum Gasteiger partial charge on any atom is 0.167 e. The van der Waals surface area contributed by atoms with Gasteiger partial charge >= 0.3 is 0 Å². The fourth-order valence-corrected chi connectivity index (χ4v) is 7.81. The minimum Gasteiger partial charge on any atom is -0.456 e. The molecule has 0 amide bonds. The van der Waals surface area contributed by atoms with E-state index in [2.05, 4.69) is 102 Å². The first-order chi connectivity index (χ1) is 27.3. The Morgan fingerprint density at radius 2 is 0.945 bits per heavy atom. The summed E-state index contributed by atoms with van der Waals surface area (Å²) >= 11 is 0. The molecule has 0 aliphatic rings. The molecular weight excluding hydrogens is 677 g/mol. The normalized spacial score (nSPS) is 11.6. The number of nitrogens with one attached hydrogen (secondary N) is 1.